The number of aryl methyl sites for hydroxylation is 2. The summed E-state index contributed by atoms with van der Waals surface area (Å²) in [5.41, 5.74) is 4.22. The highest BCUT2D eigenvalue weighted by Gasteiger charge is 2.32. The van der Waals surface area contributed by atoms with Gasteiger partial charge in [0.25, 0.3) is 5.91 Å². The average molecular weight is 416 g/mol. The van der Waals surface area contributed by atoms with Gasteiger partial charge in [-0.15, -0.1) is 0 Å². The Morgan fingerprint density at radius 1 is 1.17 bits per heavy atom. The molecule has 1 heterocycles. The van der Waals surface area contributed by atoms with Crippen molar-refractivity contribution in [3.8, 4) is 0 Å². The molecule has 1 atom stereocenters. The third-order valence-corrected chi connectivity index (χ3v) is 6.10. The summed E-state index contributed by atoms with van der Waals surface area (Å²) in [5.74, 6) is -1.06. The van der Waals surface area contributed by atoms with E-state index in [9.17, 15) is 18.0 Å². The lowest BCUT2D eigenvalue weighted by Crippen LogP contribution is -2.34. The molecule has 0 radical (unpaired) electrons. The number of hydrogen-bond donors (Lipinski definition) is 1. The van der Waals surface area contributed by atoms with E-state index >= 15 is 0 Å². The topological polar surface area (TPSA) is 92.8 Å². The maximum atomic E-state index is 12.3. The first-order chi connectivity index (χ1) is 13.6. The SMILES string of the molecule is Cc1ccc(C)c(NC(=O)COC(=O)c2ccc3c(c2)C[C@H](C)N3S(C)(=O)=O)c1. The number of fused-ring (bicyclic) bond motifs is 1. The first kappa shape index (κ1) is 20.9. The number of sulfonamides is 1. The van der Waals surface area contributed by atoms with Gasteiger partial charge in [0.1, 0.15) is 0 Å². The number of benzene rings is 2. The van der Waals surface area contributed by atoms with E-state index in [1.165, 1.54) is 10.4 Å². The molecule has 2 aromatic carbocycles. The largest absolute Gasteiger partial charge is 0.452 e. The molecule has 29 heavy (non-hydrogen) atoms. The number of rotatable bonds is 5. The molecule has 7 nitrogen and oxygen atoms in total. The monoisotopic (exact) mass is 416 g/mol. The summed E-state index contributed by atoms with van der Waals surface area (Å²) >= 11 is 0. The van der Waals surface area contributed by atoms with E-state index in [0.29, 0.717) is 17.8 Å². The Hall–Kier alpha value is -2.87. The highest BCUT2D eigenvalue weighted by Crippen LogP contribution is 2.34. The lowest BCUT2D eigenvalue weighted by Gasteiger charge is -2.21. The molecular weight excluding hydrogens is 392 g/mol. The van der Waals surface area contributed by atoms with Crippen LogP contribution >= 0.6 is 0 Å². The van der Waals surface area contributed by atoms with E-state index in [0.717, 1.165) is 22.9 Å². The van der Waals surface area contributed by atoms with E-state index in [1.54, 1.807) is 12.1 Å². The van der Waals surface area contributed by atoms with E-state index < -0.39 is 28.5 Å². The van der Waals surface area contributed by atoms with Gasteiger partial charge in [0.15, 0.2) is 6.61 Å². The van der Waals surface area contributed by atoms with E-state index in [1.807, 2.05) is 39.0 Å². The minimum absolute atomic E-state index is 0.213. The second kappa shape index (κ2) is 7.87. The highest BCUT2D eigenvalue weighted by molar-refractivity contribution is 7.92. The van der Waals surface area contributed by atoms with Gasteiger partial charge in [-0.05, 0) is 68.1 Å². The van der Waals surface area contributed by atoms with Crippen molar-refractivity contribution >= 4 is 33.3 Å². The predicted octanol–water partition coefficient (Wildman–Crippen LogP) is 2.81. The zero-order chi connectivity index (χ0) is 21.3. The third kappa shape index (κ3) is 4.59. The van der Waals surface area contributed by atoms with Crippen LogP contribution in [0.2, 0.25) is 0 Å². The second-order valence-corrected chi connectivity index (χ2v) is 9.26. The predicted molar refractivity (Wildman–Crippen MR) is 112 cm³/mol. The van der Waals surface area contributed by atoms with Crippen LogP contribution in [0.4, 0.5) is 11.4 Å². The van der Waals surface area contributed by atoms with Crippen molar-refractivity contribution in [2.45, 2.75) is 33.2 Å². The van der Waals surface area contributed by atoms with Crippen LogP contribution in [0, 0.1) is 13.8 Å². The van der Waals surface area contributed by atoms with Gasteiger partial charge in [-0.1, -0.05) is 12.1 Å². The molecule has 0 spiro atoms. The van der Waals surface area contributed by atoms with Gasteiger partial charge in [-0.2, -0.15) is 0 Å². The van der Waals surface area contributed by atoms with Crippen LogP contribution < -0.4 is 9.62 Å². The molecule has 1 amide bonds. The first-order valence-electron chi connectivity index (χ1n) is 9.23. The second-order valence-electron chi connectivity index (χ2n) is 7.40. The van der Waals surface area contributed by atoms with Crippen molar-refractivity contribution in [3.63, 3.8) is 0 Å². The zero-order valence-corrected chi connectivity index (χ0v) is 17.7. The molecule has 154 valence electrons. The standard InChI is InChI=1S/C21H24N2O5S/c1-13-5-6-14(2)18(9-13)22-20(24)12-28-21(25)16-7-8-19-17(11-16)10-15(3)23(19)29(4,26)27/h5-9,11,15H,10,12H2,1-4H3,(H,22,24)/t15-/m0/s1. The highest BCUT2D eigenvalue weighted by atomic mass is 32.2. The molecule has 2 aromatic rings. The molecule has 0 unspecified atom stereocenters. The fourth-order valence-electron chi connectivity index (χ4n) is 3.51. The number of anilines is 2. The molecule has 1 N–H and O–H groups in total. The molecule has 8 heteroatoms. The minimum atomic E-state index is -3.39. The summed E-state index contributed by atoms with van der Waals surface area (Å²) in [6, 6.07) is 10.2. The van der Waals surface area contributed by atoms with Crippen LogP contribution in [-0.4, -0.2) is 39.2 Å². The number of nitrogens with zero attached hydrogens (tertiary/aromatic N) is 1. The normalized spacial score (nSPS) is 15.7. The van der Waals surface area contributed by atoms with Crippen LogP contribution in [0.15, 0.2) is 36.4 Å². The lowest BCUT2D eigenvalue weighted by molar-refractivity contribution is -0.119. The van der Waals surface area contributed by atoms with Crippen molar-refractivity contribution < 1.29 is 22.7 Å². The molecule has 0 saturated carbocycles. The number of nitrogens with one attached hydrogen (secondary N) is 1. The van der Waals surface area contributed by atoms with Crippen molar-refractivity contribution in [1.82, 2.24) is 0 Å². The van der Waals surface area contributed by atoms with Crippen LogP contribution in [0.3, 0.4) is 0 Å². The smallest absolute Gasteiger partial charge is 0.338 e. The number of amides is 1. The Labute approximate surface area is 170 Å². The quantitative estimate of drug-likeness (QED) is 0.757. The van der Waals surface area contributed by atoms with Gasteiger partial charge < -0.3 is 10.1 Å². The maximum absolute atomic E-state index is 12.3. The van der Waals surface area contributed by atoms with Crippen LogP contribution in [0.25, 0.3) is 0 Å². The Balaban J connectivity index is 1.66. The number of carbonyl (C=O) groups is 2. The van der Waals surface area contributed by atoms with E-state index in [2.05, 4.69) is 5.32 Å². The first-order valence-corrected chi connectivity index (χ1v) is 11.1. The van der Waals surface area contributed by atoms with Crippen molar-refractivity contribution in [2.75, 3.05) is 22.5 Å². The number of carbonyl (C=O) groups excluding carboxylic acids is 2. The summed E-state index contributed by atoms with van der Waals surface area (Å²) in [6.45, 7) is 5.22. The summed E-state index contributed by atoms with van der Waals surface area (Å²) in [4.78, 5) is 24.5. The summed E-state index contributed by atoms with van der Waals surface area (Å²) in [5, 5.41) is 2.74. The van der Waals surface area contributed by atoms with Crippen molar-refractivity contribution in [3.05, 3.63) is 58.7 Å². The van der Waals surface area contributed by atoms with Gasteiger partial charge in [0.2, 0.25) is 10.0 Å². The Bertz CT molecular complexity index is 1080. The Morgan fingerprint density at radius 3 is 2.59 bits per heavy atom. The number of ether oxygens (including phenoxy) is 1. The van der Waals surface area contributed by atoms with E-state index in [-0.39, 0.29) is 11.6 Å². The minimum Gasteiger partial charge on any atom is -0.452 e. The number of hydrogen-bond acceptors (Lipinski definition) is 5. The van der Waals surface area contributed by atoms with Crippen molar-refractivity contribution in [2.24, 2.45) is 0 Å². The lowest BCUT2D eigenvalue weighted by atomic mass is 10.1. The molecule has 1 aliphatic heterocycles. The Morgan fingerprint density at radius 2 is 1.90 bits per heavy atom. The van der Waals surface area contributed by atoms with Gasteiger partial charge in [-0.3, -0.25) is 9.10 Å². The third-order valence-electron chi connectivity index (χ3n) is 4.83. The maximum Gasteiger partial charge on any atom is 0.338 e. The summed E-state index contributed by atoms with van der Waals surface area (Å²) in [7, 11) is -3.39. The molecule has 0 aromatic heterocycles. The van der Waals surface area contributed by atoms with Gasteiger partial charge in [0, 0.05) is 11.7 Å². The average Bonchev–Trinajstić information content (AvgIpc) is 2.97. The molecular formula is C21H24N2O5S. The fourth-order valence-corrected chi connectivity index (χ4v) is 4.77. The van der Waals surface area contributed by atoms with Crippen LogP contribution in [0.1, 0.15) is 34.0 Å². The number of esters is 1. The molecule has 0 fully saturated rings. The summed E-state index contributed by atoms with van der Waals surface area (Å²) in [6.07, 6.45) is 1.67. The van der Waals surface area contributed by atoms with Crippen LogP contribution in [0.5, 0.6) is 0 Å². The fraction of sp³-hybridized carbons (Fsp3) is 0.333. The van der Waals surface area contributed by atoms with Gasteiger partial charge in [-0.25, -0.2) is 13.2 Å². The Kier molecular flexibility index (Phi) is 5.66. The van der Waals surface area contributed by atoms with Gasteiger partial charge in [0.05, 0.1) is 17.5 Å². The molecule has 0 bridgehead atoms. The molecule has 3 rings (SSSR count). The summed E-state index contributed by atoms with van der Waals surface area (Å²) < 4.78 is 30.5. The van der Waals surface area contributed by atoms with Crippen molar-refractivity contribution in [1.29, 1.82) is 0 Å². The molecule has 0 saturated heterocycles. The molecule has 1 aliphatic rings. The van der Waals surface area contributed by atoms with Crippen LogP contribution in [-0.2, 0) is 26.0 Å². The van der Waals surface area contributed by atoms with E-state index in [4.69, 9.17) is 4.74 Å². The van der Waals surface area contributed by atoms with Gasteiger partial charge >= 0.3 is 5.97 Å². The molecule has 0 aliphatic carbocycles. The zero-order valence-electron chi connectivity index (χ0n) is 16.9.